The van der Waals surface area contributed by atoms with E-state index in [1.807, 2.05) is 0 Å². The first-order chi connectivity index (χ1) is 17.8. The number of aliphatic hydroxyl groups is 2. The third-order valence-corrected chi connectivity index (χ3v) is 6.81. The van der Waals surface area contributed by atoms with Gasteiger partial charge in [0.25, 0.3) is 5.56 Å². The van der Waals surface area contributed by atoms with Crippen molar-refractivity contribution >= 4 is 5.97 Å². The van der Waals surface area contributed by atoms with Crippen LogP contribution in [0, 0.1) is 6.92 Å². The van der Waals surface area contributed by atoms with Crippen LogP contribution in [0.2, 0.25) is 0 Å². The van der Waals surface area contributed by atoms with Gasteiger partial charge < -0.3 is 19.7 Å². The van der Waals surface area contributed by atoms with Crippen LogP contribution in [0.3, 0.4) is 0 Å². The van der Waals surface area contributed by atoms with E-state index in [4.69, 9.17) is 9.47 Å². The molecule has 2 rings (SSSR count). The average molecular weight is 523 g/mol. The molecule has 210 valence electrons. The van der Waals surface area contributed by atoms with Gasteiger partial charge in [-0.25, -0.2) is 4.79 Å². The summed E-state index contributed by atoms with van der Waals surface area (Å²) in [6.45, 7) is 3.53. The maximum Gasteiger partial charge on any atom is 0.330 e. The molecule has 0 spiro atoms. The van der Waals surface area contributed by atoms with Gasteiger partial charge in [0.15, 0.2) is 6.23 Å². The maximum absolute atomic E-state index is 12.1. The Hall–Kier alpha value is -2.23. The zero-order chi connectivity index (χ0) is 27.0. The first-order valence-electron chi connectivity index (χ1n) is 14.0. The Kier molecular flexibility index (Phi) is 14.5. The van der Waals surface area contributed by atoms with Gasteiger partial charge in [-0.1, -0.05) is 70.4 Å². The summed E-state index contributed by atoms with van der Waals surface area (Å²) in [5, 5.41) is 20.6. The number of aliphatic hydroxyl groups excluding tert-OH is 2. The fourth-order valence-electron chi connectivity index (χ4n) is 4.46. The van der Waals surface area contributed by atoms with Gasteiger partial charge >= 0.3 is 11.7 Å². The molecule has 2 heterocycles. The van der Waals surface area contributed by atoms with Crippen molar-refractivity contribution in [3.63, 3.8) is 0 Å². The highest BCUT2D eigenvalue weighted by molar-refractivity contribution is 5.69. The number of nitrogens with one attached hydrogen (secondary N) is 1. The van der Waals surface area contributed by atoms with Crippen molar-refractivity contribution in [2.24, 2.45) is 0 Å². The van der Waals surface area contributed by atoms with Gasteiger partial charge in [-0.3, -0.25) is 19.1 Å². The van der Waals surface area contributed by atoms with Gasteiger partial charge in [0, 0.05) is 18.2 Å². The van der Waals surface area contributed by atoms with Gasteiger partial charge in [0.05, 0.1) is 0 Å². The summed E-state index contributed by atoms with van der Waals surface area (Å²) in [6, 6.07) is 0. The summed E-state index contributed by atoms with van der Waals surface area (Å²) >= 11 is 0. The maximum atomic E-state index is 12.1. The molecule has 1 fully saturated rings. The molecule has 9 nitrogen and oxygen atoms in total. The molecule has 1 aliphatic rings. The zero-order valence-electron chi connectivity index (χ0n) is 22.5. The second kappa shape index (κ2) is 17.3. The number of carbonyl (C=O) groups excluding carboxylic acids is 1. The lowest BCUT2D eigenvalue weighted by molar-refractivity contribution is -0.150. The third kappa shape index (κ3) is 11.0. The molecule has 1 saturated heterocycles. The number of nitrogens with zero attached hydrogens (tertiary/aromatic N) is 1. The lowest BCUT2D eigenvalue weighted by Crippen LogP contribution is -2.38. The van der Waals surface area contributed by atoms with Crippen LogP contribution in [0.1, 0.15) is 109 Å². The highest BCUT2D eigenvalue weighted by Crippen LogP contribution is 2.28. The van der Waals surface area contributed by atoms with Crippen LogP contribution in [0.25, 0.3) is 0 Å². The quantitative estimate of drug-likeness (QED) is 0.151. The number of carbonyl (C=O) groups is 1. The first kappa shape index (κ1) is 31.0. The molecule has 1 aliphatic heterocycles. The smallest absolute Gasteiger partial charge is 0.330 e. The van der Waals surface area contributed by atoms with Crippen molar-refractivity contribution in [2.75, 3.05) is 6.61 Å². The van der Waals surface area contributed by atoms with Gasteiger partial charge in [0.1, 0.15) is 24.9 Å². The Morgan fingerprint density at radius 2 is 1.57 bits per heavy atom. The molecule has 0 radical (unpaired) electrons. The fourth-order valence-corrected chi connectivity index (χ4v) is 4.46. The van der Waals surface area contributed by atoms with E-state index in [2.05, 4.69) is 24.1 Å². The highest BCUT2D eigenvalue weighted by Gasteiger charge is 2.44. The van der Waals surface area contributed by atoms with E-state index in [1.54, 1.807) is 0 Å². The third-order valence-electron chi connectivity index (χ3n) is 6.81. The predicted molar refractivity (Wildman–Crippen MR) is 142 cm³/mol. The Bertz CT molecular complexity index is 939. The molecule has 0 unspecified atom stereocenters. The molecular weight excluding hydrogens is 476 g/mol. The minimum absolute atomic E-state index is 0.224. The number of aromatic amines is 1. The normalized spacial score (nSPS) is 21.6. The average Bonchev–Trinajstić information content (AvgIpc) is 3.15. The van der Waals surface area contributed by atoms with Crippen LogP contribution in [0.5, 0.6) is 0 Å². The van der Waals surface area contributed by atoms with Crippen LogP contribution in [-0.4, -0.2) is 50.7 Å². The predicted octanol–water partition coefficient (Wildman–Crippen LogP) is 4.04. The van der Waals surface area contributed by atoms with Crippen molar-refractivity contribution in [1.29, 1.82) is 0 Å². The monoisotopic (exact) mass is 522 g/mol. The van der Waals surface area contributed by atoms with Crippen molar-refractivity contribution in [3.05, 3.63) is 44.8 Å². The Balaban J connectivity index is 1.53. The number of ether oxygens (including phenoxy) is 2. The van der Waals surface area contributed by atoms with Crippen molar-refractivity contribution in [3.8, 4) is 0 Å². The van der Waals surface area contributed by atoms with Crippen molar-refractivity contribution in [2.45, 2.75) is 128 Å². The van der Waals surface area contributed by atoms with E-state index >= 15 is 0 Å². The molecule has 1 aromatic rings. The molecule has 4 atom stereocenters. The van der Waals surface area contributed by atoms with Crippen LogP contribution in [0.4, 0.5) is 0 Å². The standard InChI is InChI=1S/C28H46N2O7/c1-3-4-5-6-7-8-9-10-11-12-13-14-15-16-17-18-23(31)36-20-22-24(32)25(33)27(37-22)30-19-21(2)26(34)29-28(30)35/h8-9,19,22,24-25,27,32-33H,3-7,10-18,20H2,1-2H3,(H,29,34,35)/b9-8+/t22-,24-,25+,27-/m1/s1. The summed E-state index contributed by atoms with van der Waals surface area (Å²) < 4.78 is 11.8. The Labute approximate surface area is 219 Å². The van der Waals surface area contributed by atoms with Crippen LogP contribution in [-0.2, 0) is 14.3 Å². The Morgan fingerprint density at radius 3 is 2.22 bits per heavy atom. The molecule has 0 saturated carbocycles. The van der Waals surface area contributed by atoms with Gasteiger partial charge in [0.2, 0.25) is 0 Å². The van der Waals surface area contributed by atoms with E-state index in [-0.39, 0.29) is 24.6 Å². The number of esters is 1. The lowest BCUT2D eigenvalue weighted by Gasteiger charge is -2.17. The number of allylic oxidation sites excluding steroid dienone is 2. The van der Waals surface area contributed by atoms with Gasteiger partial charge in [-0.05, 0) is 39.0 Å². The summed E-state index contributed by atoms with van der Waals surface area (Å²) in [6.07, 6.45) is 16.6. The zero-order valence-corrected chi connectivity index (χ0v) is 22.5. The molecule has 3 N–H and O–H groups in total. The Morgan fingerprint density at radius 1 is 0.973 bits per heavy atom. The molecule has 0 aromatic carbocycles. The minimum atomic E-state index is -1.40. The molecule has 0 aliphatic carbocycles. The van der Waals surface area contributed by atoms with Crippen LogP contribution >= 0.6 is 0 Å². The topological polar surface area (TPSA) is 131 Å². The van der Waals surface area contributed by atoms with E-state index in [9.17, 15) is 24.6 Å². The summed E-state index contributed by atoms with van der Waals surface area (Å²) in [5.74, 6) is -0.382. The second-order valence-electron chi connectivity index (χ2n) is 10.0. The summed E-state index contributed by atoms with van der Waals surface area (Å²) in [7, 11) is 0. The molecule has 9 heteroatoms. The van der Waals surface area contributed by atoms with E-state index in [1.165, 1.54) is 70.9 Å². The summed E-state index contributed by atoms with van der Waals surface area (Å²) in [5.41, 5.74) is -1.02. The summed E-state index contributed by atoms with van der Waals surface area (Å²) in [4.78, 5) is 37.9. The highest BCUT2D eigenvalue weighted by atomic mass is 16.6. The van der Waals surface area contributed by atoms with E-state index < -0.39 is 35.8 Å². The second-order valence-corrected chi connectivity index (χ2v) is 10.0. The number of H-pyrrole nitrogens is 1. The van der Waals surface area contributed by atoms with E-state index in [0.717, 1.165) is 30.3 Å². The van der Waals surface area contributed by atoms with E-state index in [0.29, 0.717) is 0 Å². The van der Waals surface area contributed by atoms with Crippen molar-refractivity contribution in [1.82, 2.24) is 9.55 Å². The largest absolute Gasteiger partial charge is 0.463 e. The molecular formula is C28H46N2O7. The van der Waals surface area contributed by atoms with Gasteiger partial charge in [-0.2, -0.15) is 0 Å². The number of unbranched alkanes of at least 4 members (excludes halogenated alkanes) is 11. The van der Waals surface area contributed by atoms with Crippen molar-refractivity contribution < 1.29 is 24.5 Å². The number of hydrogen-bond acceptors (Lipinski definition) is 7. The number of aromatic nitrogens is 2. The number of hydrogen-bond donors (Lipinski definition) is 3. The van der Waals surface area contributed by atoms with Crippen LogP contribution < -0.4 is 11.2 Å². The van der Waals surface area contributed by atoms with Gasteiger partial charge in [-0.15, -0.1) is 0 Å². The minimum Gasteiger partial charge on any atom is -0.463 e. The number of aryl methyl sites for hydroxylation is 1. The SMILES string of the molecule is CCCCCC/C=C/CCCCCCCCCC(=O)OC[C@H]1O[C@@H](n2cc(C)c(=O)[nH]c2=O)[C@@H](O)[C@@H]1O. The van der Waals surface area contributed by atoms with Crippen LogP contribution in [0.15, 0.2) is 27.9 Å². The molecule has 0 amide bonds. The molecule has 1 aromatic heterocycles. The molecule has 37 heavy (non-hydrogen) atoms. The number of rotatable bonds is 18. The molecule has 0 bridgehead atoms. The lowest BCUT2D eigenvalue weighted by atomic mass is 10.1. The fraction of sp³-hybridized carbons (Fsp3) is 0.750. The first-order valence-corrected chi connectivity index (χ1v) is 14.0.